The van der Waals surface area contributed by atoms with E-state index in [1.54, 1.807) is 36.8 Å². The first-order valence-corrected chi connectivity index (χ1v) is 8.47. The Balaban J connectivity index is 1.67. The number of aromatic amines is 1. The number of nitrogens with one attached hydrogen (secondary N) is 2. The molecule has 0 atom stereocenters. The molecule has 2 heterocycles. The number of hydrogen-bond donors (Lipinski definition) is 2. The molecule has 0 aliphatic rings. The third kappa shape index (κ3) is 3.24. The van der Waals surface area contributed by atoms with Crippen LogP contribution in [0.25, 0.3) is 22.3 Å². The van der Waals surface area contributed by atoms with Gasteiger partial charge in [0.05, 0.1) is 11.2 Å². The molecule has 26 heavy (non-hydrogen) atoms. The molecule has 0 aliphatic carbocycles. The molecule has 2 aromatic heterocycles. The summed E-state index contributed by atoms with van der Waals surface area (Å²) in [6.07, 6.45) is 5.03. The number of nitrogens with zero attached hydrogens (tertiary/aromatic N) is 4. The summed E-state index contributed by atoms with van der Waals surface area (Å²) in [5, 5.41) is 15.6. The maximum Gasteiger partial charge on any atom is 0.176 e. The summed E-state index contributed by atoms with van der Waals surface area (Å²) in [7, 11) is 0. The summed E-state index contributed by atoms with van der Waals surface area (Å²) >= 11 is 12.0. The second-order valence-corrected chi connectivity index (χ2v) is 6.26. The number of hydrogen-bond acceptors (Lipinski definition) is 5. The van der Waals surface area contributed by atoms with Gasteiger partial charge in [0.1, 0.15) is 5.69 Å². The molecule has 0 radical (unpaired) electrons. The second-order valence-electron chi connectivity index (χ2n) is 5.42. The van der Waals surface area contributed by atoms with Crippen LogP contribution < -0.4 is 5.43 Å². The predicted octanol–water partition coefficient (Wildman–Crippen LogP) is 4.77. The summed E-state index contributed by atoms with van der Waals surface area (Å²) in [5.41, 5.74) is 4.35. The molecule has 0 aliphatic heterocycles. The number of fused-ring (bicyclic) bond motifs is 1. The molecular formula is C18H12Cl2N6. The molecule has 0 bridgehead atoms. The maximum absolute atomic E-state index is 6.14. The van der Waals surface area contributed by atoms with Gasteiger partial charge < -0.3 is 4.98 Å². The van der Waals surface area contributed by atoms with Crippen LogP contribution in [0.4, 0.5) is 5.82 Å². The highest BCUT2D eigenvalue weighted by Crippen LogP contribution is 2.27. The van der Waals surface area contributed by atoms with E-state index < -0.39 is 0 Å². The van der Waals surface area contributed by atoms with Crippen molar-refractivity contribution < 1.29 is 0 Å². The summed E-state index contributed by atoms with van der Waals surface area (Å²) in [5.74, 6) is 1.20. The molecular weight excluding hydrogens is 371 g/mol. The molecule has 8 heteroatoms. The molecule has 0 saturated carbocycles. The Hall–Kier alpha value is -2.96. The van der Waals surface area contributed by atoms with Crippen LogP contribution in [-0.4, -0.2) is 26.4 Å². The quantitative estimate of drug-likeness (QED) is 0.393. The van der Waals surface area contributed by atoms with E-state index in [0.717, 1.165) is 16.3 Å². The van der Waals surface area contributed by atoms with Crippen LogP contribution in [0.15, 0.2) is 60.0 Å². The van der Waals surface area contributed by atoms with Crippen molar-refractivity contribution in [3.05, 3.63) is 70.5 Å². The predicted molar refractivity (Wildman–Crippen MR) is 105 cm³/mol. The van der Waals surface area contributed by atoms with Crippen LogP contribution in [0.2, 0.25) is 10.0 Å². The Morgan fingerprint density at radius 3 is 2.65 bits per heavy atom. The third-order valence-electron chi connectivity index (χ3n) is 3.75. The third-order valence-corrected chi connectivity index (χ3v) is 4.31. The van der Waals surface area contributed by atoms with E-state index in [9.17, 15) is 0 Å². The van der Waals surface area contributed by atoms with Crippen molar-refractivity contribution in [2.75, 3.05) is 5.43 Å². The normalized spacial score (nSPS) is 11.3. The van der Waals surface area contributed by atoms with Gasteiger partial charge in [-0.3, -0.25) is 5.43 Å². The van der Waals surface area contributed by atoms with Crippen LogP contribution in [-0.2, 0) is 0 Å². The SMILES string of the molecule is Clc1ccc(C=NNc2nnc(-c3ncc[nH]3)c3ccccc23)c(Cl)c1. The van der Waals surface area contributed by atoms with E-state index in [0.29, 0.717) is 27.4 Å². The van der Waals surface area contributed by atoms with Gasteiger partial charge in [0.2, 0.25) is 0 Å². The summed E-state index contributed by atoms with van der Waals surface area (Å²) in [4.78, 5) is 7.30. The highest BCUT2D eigenvalue weighted by molar-refractivity contribution is 6.36. The van der Waals surface area contributed by atoms with Crippen molar-refractivity contribution >= 4 is 46.0 Å². The lowest BCUT2D eigenvalue weighted by Crippen LogP contribution is -1.99. The lowest BCUT2D eigenvalue weighted by molar-refractivity contribution is 1.03. The lowest BCUT2D eigenvalue weighted by atomic mass is 10.1. The van der Waals surface area contributed by atoms with Crippen LogP contribution >= 0.6 is 23.2 Å². The molecule has 0 unspecified atom stereocenters. The number of halogens is 2. The average molecular weight is 383 g/mol. The molecule has 128 valence electrons. The van der Waals surface area contributed by atoms with E-state index in [2.05, 4.69) is 30.7 Å². The fourth-order valence-electron chi connectivity index (χ4n) is 2.53. The molecule has 4 rings (SSSR count). The Morgan fingerprint density at radius 1 is 1.04 bits per heavy atom. The van der Waals surface area contributed by atoms with Crippen molar-refractivity contribution in [2.45, 2.75) is 0 Å². The first-order valence-electron chi connectivity index (χ1n) is 7.71. The Bertz CT molecular complexity index is 1090. The molecule has 0 amide bonds. The van der Waals surface area contributed by atoms with E-state index in [1.807, 2.05) is 24.3 Å². The van der Waals surface area contributed by atoms with Crippen molar-refractivity contribution in [3.63, 3.8) is 0 Å². The minimum Gasteiger partial charge on any atom is -0.343 e. The van der Waals surface area contributed by atoms with Crippen LogP contribution in [0, 0.1) is 0 Å². The fourth-order valence-corrected chi connectivity index (χ4v) is 2.98. The number of anilines is 1. The smallest absolute Gasteiger partial charge is 0.176 e. The Labute approximate surface area is 158 Å². The van der Waals surface area contributed by atoms with Gasteiger partial charge in [-0.1, -0.05) is 53.5 Å². The molecule has 6 nitrogen and oxygen atoms in total. The van der Waals surface area contributed by atoms with E-state index in [-0.39, 0.29) is 0 Å². The van der Waals surface area contributed by atoms with E-state index in [1.165, 1.54) is 0 Å². The topological polar surface area (TPSA) is 78.8 Å². The molecule has 0 saturated heterocycles. The van der Waals surface area contributed by atoms with Gasteiger partial charge in [-0.05, 0) is 12.1 Å². The summed E-state index contributed by atoms with van der Waals surface area (Å²) in [6, 6.07) is 13.0. The van der Waals surface area contributed by atoms with Crippen molar-refractivity contribution in [2.24, 2.45) is 5.10 Å². The van der Waals surface area contributed by atoms with Crippen LogP contribution in [0.3, 0.4) is 0 Å². The van der Waals surface area contributed by atoms with Crippen LogP contribution in [0.5, 0.6) is 0 Å². The minimum absolute atomic E-state index is 0.521. The number of H-pyrrole nitrogens is 1. The van der Waals surface area contributed by atoms with Gasteiger partial charge in [-0.25, -0.2) is 4.98 Å². The van der Waals surface area contributed by atoms with Gasteiger partial charge in [-0.2, -0.15) is 5.10 Å². The highest BCUT2D eigenvalue weighted by Gasteiger charge is 2.11. The zero-order chi connectivity index (χ0) is 17.9. The monoisotopic (exact) mass is 382 g/mol. The number of aromatic nitrogens is 4. The zero-order valence-corrected chi connectivity index (χ0v) is 14.8. The van der Waals surface area contributed by atoms with Gasteiger partial charge in [0.15, 0.2) is 11.6 Å². The molecule has 4 aromatic rings. The summed E-state index contributed by atoms with van der Waals surface area (Å²) in [6.45, 7) is 0. The zero-order valence-electron chi connectivity index (χ0n) is 13.3. The Kier molecular flexibility index (Phi) is 4.51. The van der Waals surface area contributed by atoms with Gasteiger partial charge in [0, 0.05) is 33.8 Å². The molecule has 2 aromatic carbocycles. The van der Waals surface area contributed by atoms with Crippen molar-refractivity contribution in [1.82, 2.24) is 20.2 Å². The number of rotatable bonds is 4. The van der Waals surface area contributed by atoms with Crippen molar-refractivity contribution in [3.8, 4) is 11.5 Å². The first-order chi connectivity index (χ1) is 12.7. The maximum atomic E-state index is 6.14. The number of benzene rings is 2. The molecule has 0 fully saturated rings. The minimum atomic E-state index is 0.521. The largest absolute Gasteiger partial charge is 0.343 e. The molecule has 2 N–H and O–H groups in total. The highest BCUT2D eigenvalue weighted by atomic mass is 35.5. The Morgan fingerprint density at radius 2 is 1.88 bits per heavy atom. The second kappa shape index (κ2) is 7.11. The van der Waals surface area contributed by atoms with Gasteiger partial charge in [-0.15, -0.1) is 10.2 Å². The average Bonchev–Trinajstić information content (AvgIpc) is 3.18. The molecule has 0 spiro atoms. The number of hydrazone groups is 1. The van der Waals surface area contributed by atoms with E-state index >= 15 is 0 Å². The summed E-state index contributed by atoms with van der Waals surface area (Å²) < 4.78 is 0. The van der Waals surface area contributed by atoms with Crippen LogP contribution in [0.1, 0.15) is 5.56 Å². The van der Waals surface area contributed by atoms with Gasteiger partial charge >= 0.3 is 0 Å². The van der Waals surface area contributed by atoms with Crippen molar-refractivity contribution in [1.29, 1.82) is 0 Å². The fraction of sp³-hybridized carbons (Fsp3) is 0. The standard InChI is InChI=1S/C18H12Cl2N6/c19-12-6-5-11(15(20)9-12)10-23-25-17-14-4-2-1-3-13(14)16(24-26-17)18-21-7-8-22-18/h1-10H,(H,21,22)(H,25,26). The number of imidazole rings is 1. The van der Waals surface area contributed by atoms with Gasteiger partial charge in [0.25, 0.3) is 0 Å². The first kappa shape index (κ1) is 16.5. The lowest BCUT2D eigenvalue weighted by Gasteiger charge is -2.07. The van der Waals surface area contributed by atoms with E-state index in [4.69, 9.17) is 23.2 Å².